The molecule has 1 aromatic rings. The maximum Gasteiger partial charge on any atom is 0.339 e. The van der Waals surface area contributed by atoms with Crippen LogP contribution in [0.25, 0.3) is 0 Å². The average Bonchev–Trinajstić information content (AvgIpc) is 2.30. The number of rotatable bonds is 3. The van der Waals surface area contributed by atoms with E-state index in [1.165, 1.54) is 6.42 Å². The van der Waals surface area contributed by atoms with Gasteiger partial charge >= 0.3 is 5.97 Å². The molecule has 0 spiro atoms. The molecule has 1 fully saturated rings. The van der Waals surface area contributed by atoms with E-state index in [9.17, 15) is 9.90 Å². The second-order valence-corrected chi connectivity index (χ2v) is 5.91. The SMILES string of the molecule is Cc1cccc(C(=O)O)c1OC1CC(C)CC(C)C1. The van der Waals surface area contributed by atoms with Crippen molar-refractivity contribution in [2.45, 2.75) is 46.1 Å². The van der Waals surface area contributed by atoms with Gasteiger partial charge in [0.05, 0.1) is 6.10 Å². The Kier molecular flexibility index (Phi) is 4.13. The Bertz CT molecular complexity index is 457. The number of hydrogen-bond acceptors (Lipinski definition) is 2. The second-order valence-electron chi connectivity index (χ2n) is 5.91. The van der Waals surface area contributed by atoms with Crippen molar-refractivity contribution in [1.82, 2.24) is 0 Å². The van der Waals surface area contributed by atoms with Gasteiger partial charge in [0.2, 0.25) is 0 Å². The molecule has 2 atom stereocenters. The molecule has 1 aromatic carbocycles. The quantitative estimate of drug-likeness (QED) is 0.898. The van der Waals surface area contributed by atoms with E-state index in [2.05, 4.69) is 13.8 Å². The number of aromatic carboxylic acids is 1. The number of para-hydroxylation sites is 1. The molecule has 0 bridgehead atoms. The molecule has 1 saturated carbocycles. The van der Waals surface area contributed by atoms with Gasteiger partial charge in [-0.1, -0.05) is 26.0 Å². The summed E-state index contributed by atoms with van der Waals surface area (Å²) in [4.78, 5) is 11.3. The number of ether oxygens (including phenoxy) is 1. The summed E-state index contributed by atoms with van der Waals surface area (Å²) < 4.78 is 6.04. The first-order valence-corrected chi connectivity index (χ1v) is 6.97. The van der Waals surface area contributed by atoms with Gasteiger partial charge in [0.15, 0.2) is 0 Å². The molecule has 1 N–H and O–H groups in total. The summed E-state index contributed by atoms with van der Waals surface area (Å²) >= 11 is 0. The van der Waals surface area contributed by atoms with Gasteiger partial charge in [-0.25, -0.2) is 4.79 Å². The van der Waals surface area contributed by atoms with E-state index < -0.39 is 5.97 Å². The lowest BCUT2D eigenvalue weighted by Gasteiger charge is -2.32. The van der Waals surface area contributed by atoms with Gasteiger partial charge in [0, 0.05) is 0 Å². The van der Waals surface area contributed by atoms with Crippen molar-refractivity contribution in [3.05, 3.63) is 29.3 Å². The summed E-state index contributed by atoms with van der Waals surface area (Å²) in [6.07, 6.45) is 3.40. The molecule has 0 aliphatic heterocycles. The molecule has 1 aliphatic carbocycles. The van der Waals surface area contributed by atoms with E-state index in [0.717, 1.165) is 18.4 Å². The predicted molar refractivity (Wildman–Crippen MR) is 74.7 cm³/mol. The Morgan fingerprint density at radius 1 is 1.21 bits per heavy atom. The van der Waals surface area contributed by atoms with Crippen LogP contribution in [0.2, 0.25) is 0 Å². The van der Waals surface area contributed by atoms with Gasteiger partial charge in [-0.05, 0) is 49.7 Å². The number of aryl methyl sites for hydroxylation is 1. The van der Waals surface area contributed by atoms with Crippen molar-refractivity contribution in [2.75, 3.05) is 0 Å². The van der Waals surface area contributed by atoms with Gasteiger partial charge in [0.25, 0.3) is 0 Å². The van der Waals surface area contributed by atoms with Gasteiger partial charge in [0.1, 0.15) is 11.3 Å². The number of hydrogen-bond donors (Lipinski definition) is 1. The normalized spacial score (nSPS) is 27.0. The van der Waals surface area contributed by atoms with Crippen molar-refractivity contribution in [3.8, 4) is 5.75 Å². The van der Waals surface area contributed by atoms with E-state index in [1.54, 1.807) is 12.1 Å². The largest absolute Gasteiger partial charge is 0.489 e. The highest BCUT2D eigenvalue weighted by molar-refractivity contribution is 5.91. The molecule has 0 saturated heterocycles. The van der Waals surface area contributed by atoms with Crippen LogP contribution in [0.15, 0.2) is 18.2 Å². The minimum atomic E-state index is -0.921. The second kappa shape index (κ2) is 5.64. The molecule has 104 valence electrons. The fourth-order valence-corrected chi connectivity index (χ4v) is 3.11. The van der Waals surface area contributed by atoms with Crippen LogP contribution >= 0.6 is 0 Å². The molecule has 0 amide bonds. The zero-order valence-electron chi connectivity index (χ0n) is 11.8. The molecule has 2 rings (SSSR count). The van der Waals surface area contributed by atoms with Crippen LogP contribution in [-0.2, 0) is 0 Å². The minimum Gasteiger partial charge on any atom is -0.489 e. The summed E-state index contributed by atoms with van der Waals surface area (Å²) in [7, 11) is 0. The van der Waals surface area contributed by atoms with E-state index in [0.29, 0.717) is 17.6 Å². The third kappa shape index (κ3) is 3.28. The predicted octanol–water partition coefficient (Wildman–Crippen LogP) is 3.90. The molecule has 3 nitrogen and oxygen atoms in total. The maximum atomic E-state index is 11.3. The van der Waals surface area contributed by atoms with E-state index in [1.807, 2.05) is 13.0 Å². The van der Waals surface area contributed by atoms with Crippen LogP contribution in [-0.4, -0.2) is 17.2 Å². The average molecular weight is 262 g/mol. The van der Waals surface area contributed by atoms with Crippen LogP contribution in [0.4, 0.5) is 0 Å². The Hall–Kier alpha value is -1.51. The lowest BCUT2D eigenvalue weighted by Crippen LogP contribution is -2.29. The Morgan fingerprint density at radius 2 is 1.84 bits per heavy atom. The summed E-state index contributed by atoms with van der Waals surface area (Å²) in [6, 6.07) is 5.27. The topological polar surface area (TPSA) is 46.5 Å². The Labute approximate surface area is 114 Å². The molecule has 3 heteroatoms. The maximum absolute atomic E-state index is 11.3. The molecule has 0 aromatic heterocycles. The first-order chi connectivity index (χ1) is 8.97. The monoisotopic (exact) mass is 262 g/mol. The van der Waals surface area contributed by atoms with Crippen molar-refractivity contribution in [3.63, 3.8) is 0 Å². The fourth-order valence-electron chi connectivity index (χ4n) is 3.11. The first-order valence-electron chi connectivity index (χ1n) is 6.97. The van der Waals surface area contributed by atoms with Crippen molar-refractivity contribution in [2.24, 2.45) is 11.8 Å². The number of benzene rings is 1. The van der Waals surface area contributed by atoms with Gasteiger partial charge in [-0.3, -0.25) is 0 Å². The van der Waals surface area contributed by atoms with E-state index in [4.69, 9.17) is 4.74 Å². The third-order valence-electron chi connectivity index (χ3n) is 3.86. The van der Waals surface area contributed by atoms with Crippen LogP contribution in [0.1, 0.15) is 49.0 Å². The number of carbonyl (C=O) groups is 1. The standard InChI is InChI=1S/C16H22O3/c1-10-7-11(2)9-13(8-10)19-15-12(3)5-4-6-14(15)16(17)18/h4-6,10-11,13H,7-9H2,1-3H3,(H,17,18). The summed E-state index contributed by atoms with van der Waals surface area (Å²) in [6.45, 7) is 6.38. The van der Waals surface area contributed by atoms with Gasteiger partial charge < -0.3 is 9.84 Å². The molecule has 1 aliphatic rings. The molecule has 19 heavy (non-hydrogen) atoms. The Balaban J connectivity index is 2.21. The highest BCUT2D eigenvalue weighted by Gasteiger charge is 2.27. The zero-order valence-corrected chi connectivity index (χ0v) is 11.8. The van der Waals surface area contributed by atoms with Crippen molar-refractivity contribution >= 4 is 5.97 Å². The summed E-state index contributed by atoms with van der Waals surface area (Å²) in [5.74, 6) is 0.911. The highest BCUT2D eigenvalue weighted by atomic mass is 16.5. The van der Waals surface area contributed by atoms with Gasteiger partial charge in [-0.2, -0.15) is 0 Å². The number of carboxylic acids is 1. The lowest BCUT2D eigenvalue weighted by atomic mass is 9.82. The lowest BCUT2D eigenvalue weighted by molar-refractivity contribution is 0.0675. The van der Waals surface area contributed by atoms with Crippen LogP contribution in [0, 0.1) is 18.8 Å². The summed E-state index contributed by atoms with van der Waals surface area (Å²) in [5, 5.41) is 9.24. The van der Waals surface area contributed by atoms with Gasteiger partial charge in [-0.15, -0.1) is 0 Å². The minimum absolute atomic E-state index is 0.137. The third-order valence-corrected chi connectivity index (χ3v) is 3.86. The van der Waals surface area contributed by atoms with Crippen molar-refractivity contribution in [1.29, 1.82) is 0 Å². The molecule has 2 unspecified atom stereocenters. The fraction of sp³-hybridized carbons (Fsp3) is 0.562. The Morgan fingerprint density at radius 3 is 2.42 bits per heavy atom. The molecule has 0 heterocycles. The number of carboxylic acid groups (broad SMARTS) is 1. The van der Waals surface area contributed by atoms with E-state index in [-0.39, 0.29) is 11.7 Å². The summed E-state index contributed by atoms with van der Waals surface area (Å²) in [5.41, 5.74) is 1.16. The zero-order chi connectivity index (χ0) is 14.0. The van der Waals surface area contributed by atoms with E-state index >= 15 is 0 Å². The van der Waals surface area contributed by atoms with Crippen LogP contribution in [0.5, 0.6) is 5.75 Å². The van der Waals surface area contributed by atoms with Crippen molar-refractivity contribution < 1.29 is 14.6 Å². The molecular weight excluding hydrogens is 240 g/mol. The smallest absolute Gasteiger partial charge is 0.339 e. The van der Waals surface area contributed by atoms with Crippen LogP contribution < -0.4 is 4.74 Å². The first kappa shape index (κ1) is 13.9. The molecule has 0 radical (unpaired) electrons. The highest BCUT2D eigenvalue weighted by Crippen LogP contribution is 2.33. The molecular formula is C16H22O3. The van der Waals surface area contributed by atoms with Crippen LogP contribution in [0.3, 0.4) is 0 Å².